The smallest absolute Gasteiger partial charge is 0.261 e. The van der Waals surface area contributed by atoms with Gasteiger partial charge in [-0.1, -0.05) is 36.4 Å². The van der Waals surface area contributed by atoms with Gasteiger partial charge < -0.3 is 4.74 Å². The van der Waals surface area contributed by atoms with Crippen LogP contribution in [0.15, 0.2) is 79.1 Å². The molecule has 37 heavy (non-hydrogen) atoms. The van der Waals surface area contributed by atoms with Crippen molar-refractivity contribution in [2.45, 2.75) is 38.6 Å². The number of imide groups is 1. The Bertz CT molecular complexity index is 1390. The average Bonchev–Trinajstić information content (AvgIpc) is 3.46. The fraction of sp³-hybridized carbons (Fsp3) is 0.241. The quantitative estimate of drug-likeness (QED) is 0.191. The van der Waals surface area contributed by atoms with Crippen molar-refractivity contribution in [1.29, 1.82) is 0 Å². The third-order valence-corrected chi connectivity index (χ3v) is 6.16. The van der Waals surface area contributed by atoms with E-state index in [1.54, 1.807) is 49.1 Å². The lowest BCUT2D eigenvalue weighted by Gasteiger charge is -2.21. The predicted molar refractivity (Wildman–Crippen MR) is 142 cm³/mol. The van der Waals surface area contributed by atoms with Crippen molar-refractivity contribution in [3.63, 3.8) is 0 Å². The third kappa shape index (κ3) is 5.48. The Morgan fingerprint density at radius 3 is 2.14 bits per heavy atom. The number of nitrogens with zero attached hydrogens (tertiary/aromatic N) is 4. The molecule has 0 bridgehead atoms. The molecule has 0 spiro atoms. The number of ether oxygens (including phenoxy) is 1. The molecular weight excluding hydrogens is 463 g/mol. The van der Waals surface area contributed by atoms with Crippen LogP contribution < -0.4 is 4.74 Å². The number of aromatic nitrogens is 3. The molecule has 2 amide bonds. The van der Waals surface area contributed by atoms with Crippen molar-refractivity contribution in [3.8, 4) is 22.8 Å². The molecule has 2 radical (unpaired) electrons. The van der Waals surface area contributed by atoms with Crippen molar-refractivity contribution in [2.75, 3.05) is 6.54 Å². The van der Waals surface area contributed by atoms with Gasteiger partial charge in [0.2, 0.25) is 0 Å². The van der Waals surface area contributed by atoms with Crippen LogP contribution in [0.3, 0.4) is 0 Å². The van der Waals surface area contributed by atoms with Crippen LogP contribution in [0.2, 0.25) is 0 Å². The number of fused-ring (bicyclic) bond motifs is 1. The molecule has 1 aliphatic heterocycles. The molecule has 1 aliphatic rings. The number of hydrogen-bond donors (Lipinski definition) is 0. The van der Waals surface area contributed by atoms with Gasteiger partial charge >= 0.3 is 0 Å². The predicted octanol–water partition coefficient (Wildman–Crippen LogP) is 4.84. The minimum absolute atomic E-state index is 0.194. The Morgan fingerprint density at radius 1 is 0.865 bits per heavy atom. The molecule has 2 heterocycles. The van der Waals surface area contributed by atoms with Crippen LogP contribution in [-0.2, 0) is 6.42 Å². The first-order chi connectivity index (χ1) is 17.8. The lowest BCUT2D eigenvalue weighted by atomic mass is 9.86. The van der Waals surface area contributed by atoms with Gasteiger partial charge in [-0.05, 0) is 75.1 Å². The van der Waals surface area contributed by atoms with E-state index in [1.165, 1.54) is 10.5 Å². The van der Waals surface area contributed by atoms with E-state index < -0.39 is 5.50 Å². The number of rotatable bonds is 9. The first-order valence-electron chi connectivity index (χ1n) is 12.3. The van der Waals surface area contributed by atoms with E-state index in [0.29, 0.717) is 29.2 Å². The Kier molecular flexibility index (Phi) is 6.65. The van der Waals surface area contributed by atoms with Crippen LogP contribution in [0.5, 0.6) is 5.75 Å². The summed E-state index contributed by atoms with van der Waals surface area (Å²) in [5.74, 6) is 0.942. The summed E-state index contributed by atoms with van der Waals surface area (Å²) >= 11 is 0. The highest BCUT2D eigenvalue weighted by molar-refractivity contribution is 6.21. The zero-order valence-corrected chi connectivity index (χ0v) is 20.9. The van der Waals surface area contributed by atoms with Crippen LogP contribution in [0.4, 0.5) is 0 Å². The van der Waals surface area contributed by atoms with Crippen LogP contribution in [0.1, 0.15) is 53.0 Å². The topological polar surface area (TPSA) is 77.3 Å². The van der Waals surface area contributed by atoms with Gasteiger partial charge in [0.15, 0.2) is 5.82 Å². The summed E-state index contributed by atoms with van der Waals surface area (Å²) in [5, 5.41) is 4.61. The van der Waals surface area contributed by atoms with Gasteiger partial charge in [0, 0.05) is 12.1 Å². The van der Waals surface area contributed by atoms with E-state index in [0.717, 1.165) is 30.5 Å². The minimum atomic E-state index is -0.743. The summed E-state index contributed by atoms with van der Waals surface area (Å²) in [4.78, 5) is 30.8. The third-order valence-electron chi connectivity index (χ3n) is 6.16. The lowest BCUT2D eigenvalue weighted by Crippen LogP contribution is -2.30. The van der Waals surface area contributed by atoms with Crippen molar-refractivity contribution >= 4 is 19.7 Å². The Labute approximate surface area is 217 Å². The van der Waals surface area contributed by atoms with Gasteiger partial charge in [0.05, 0.1) is 22.3 Å². The summed E-state index contributed by atoms with van der Waals surface area (Å²) in [6, 6.07) is 22.7. The standard InChI is InChI=1S/C29H27BN4O3/c1-29(2,30)37-23-16-14-22(15-17-23)34-19-31-26(32-34)21-12-10-20(11-13-21)7-5-6-18-33-27(35)24-8-3-4-9-25(24)28(33)36/h3-4,8-17,19H,5-7,18H2,1-2H3. The monoisotopic (exact) mass is 490 g/mol. The maximum Gasteiger partial charge on any atom is 0.261 e. The van der Waals surface area contributed by atoms with E-state index in [2.05, 4.69) is 22.2 Å². The molecule has 184 valence electrons. The number of hydrogen-bond acceptors (Lipinski definition) is 5. The highest BCUT2D eigenvalue weighted by Crippen LogP contribution is 2.24. The first kappa shape index (κ1) is 24.5. The summed E-state index contributed by atoms with van der Waals surface area (Å²) in [6.45, 7) is 4.03. The van der Waals surface area contributed by atoms with Crippen molar-refractivity contribution in [1.82, 2.24) is 19.7 Å². The maximum atomic E-state index is 12.5. The zero-order valence-electron chi connectivity index (χ0n) is 20.9. The number of benzene rings is 3. The van der Waals surface area contributed by atoms with Gasteiger partial charge in [0.1, 0.15) is 19.9 Å². The van der Waals surface area contributed by atoms with E-state index in [4.69, 9.17) is 12.6 Å². The van der Waals surface area contributed by atoms with Crippen LogP contribution in [-0.4, -0.2) is 51.4 Å². The molecule has 7 nitrogen and oxygen atoms in total. The Balaban J connectivity index is 1.14. The molecule has 1 aromatic heterocycles. The second-order valence-corrected chi connectivity index (χ2v) is 9.67. The summed E-state index contributed by atoms with van der Waals surface area (Å²) in [6.07, 6.45) is 4.18. The largest absolute Gasteiger partial charge is 0.498 e. The molecule has 8 heteroatoms. The molecule has 5 rings (SSSR count). The molecule has 0 aliphatic carbocycles. The van der Waals surface area contributed by atoms with Crippen molar-refractivity contribution in [2.24, 2.45) is 0 Å². The molecule has 0 saturated carbocycles. The van der Waals surface area contributed by atoms with E-state index in [1.807, 2.05) is 36.4 Å². The molecule has 0 N–H and O–H groups in total. The Hall–Kier alpha value is -4.20. The fourth-order valence-electron chi connectivity index (χ4n) is 4.35. The van der Waals surface area contributed by atoms with Crippen LogP contribution in [0.25, 0.3) is 17.1 Å². The van der Waals surface area contributed by atoms with Gasteiger partial charge in [0.25, 0.3) is 11.8 Å². The highest BCUT2D eigenvalue weighted by atomic mass is 16.5. The first-order valence-corrected chi connectivity index (χ1v) is 12.3. The summed E-state index contributed by atoms with van der Waals surface area (Å²) in [5.41, 5.74) is 3.24. The normalized spacial score (nSPS) is 13.2. The minimum Gasteiger partial charge on any atom is -0.498 e. The van der Waals surface area contributed by atoms with Crippen LogP contribution >= 0.6 is 0 Å². The SMILES string of the molecule is [B]C(C)(C)Oc1ccc(-n2cnc(-c3ccc(CCCCN4C(=O)c5ccccc5C4=O)cc3)n2)cc1. The van der Waals surface area contributed by atoms with Crippen LogP contribution in [0, 0.1) is 0 Å². The second kappa shape index (κ2) is 10.0. The molecule has 0 fully saturated rings. The fourth-order valence-corrected chi connectivity index (χ4v) is 4.35. The highest BCUT2D eigenvalue weighted by Gasteiger charge is 2.34. The van der Waals surface area contributed by atoms with Gasteiger partial charge in [-0.15, -0.1) is 5.10 Å². The lowest BCUT2D eigenvalue weighted by molar-refractivity contribution is 0.0651. The zero-order chi connectivity index (χ0) is 26.0. The number of carbonyl (C=O) groups excluding carboxylic acids is 2. The number of amides is 2. The number of carbonyl (C=O) groups is 2. The molecule has 0 unspecified atom stereocenters. The number of unbranched alkanes of at least 4 members (excludes halogenated alkanes) is 1. The van der Waals surface area contributed by atoms with Gasteiger partial charge in [-0.25, -0.2) is 9.67 Å². The van der Waals surface area contributed by atoms with E-state index in [9.17, 15) is 9.59 Å². The molecule has 0 saturated heterocycles. The van der Waals surface area contributed by atoms with E-state index >= 15 is 0 Å². The van der Waals surface area contributed by atoms with Crippen molar-refractivity contribution in [3.05, 3.63) is 95.8 Å². The molecule has 0 atom stereocenters. The van der Waals surface area contributed by atoms with E-state index in [-0.39, 0.29) is 11.8 Å². The van der Waals surface area contributed by atoms with Gasteiger partial charge in [-0.2, -0.15) is 0 Å². The maximum absolute atomic E-state index is 12.5. The van der Waals surface area contributed by atoms with Gasteiger partial charge in [-0.3, -0.25) is 14.5 Å². The Morgan fingerprint density at radius 2 is 1.51 bits per heavy atom. The van der Waals surface area contributed by atoms with Crippen molar-refractivity contribution < 1.29 is 14.3 Å². The number of aryl methyl sites for hydroxylation is 1. The molecule has 4 aromatic rings. The average molecular weight is 490 g/mol. The summed E-state index contributed by atoms with van der Waals surface area (Å²) in [7, 11) is 5.90. The summed E-state index contributed by atoms with van der Waals surface area (Å²) < 4.78 is 7.38. The second-order valence-electron chi connectivity index (χ2n) is 9.67. The molecule has 3 aromatic carbocycles. The molecular formula is C29H27BN4O3.